The summed E-state index contributed by atoms with van der Waals surface area (Å²) < 4.78 is 0. The average Bonchev–Trinajstić information content (AvgIpc) is 2.51. The second-order valence-corrected chi connectivity index (χ2v) is 5.13. The summed E-state index contributed by atoms with van der Waals surface area (Å²) in [5, 5.41) is 3.47. The van der Waals surface area contributed by atoms with Crippen LogP contribution in [-0.4, -0.2) is 38.1 Å². The molecule has 0 saturated carbocycles. The Morgan fingerprint density at radius 2 is 2.14 bits per heavy atom. The Labute approximate surface area is 89.1 Å². The van der Waals surface area contributed by atoms with E-state index in [0.29, 0.717) is 0 Å². The van der Waals surface area contributed by atoms with Gasteiger partial charge >= 0.3 is 0 Å². The lowest BCUT2D eigenvalue weighted by Gasteiger charge is -2.25. The highest BCUT2D eigenvalue weighted by Gasteiger charge is 2.24. The quantitative estimate of drug-likeness (QED) is 0.725. The van der Waals surface area contributed by atoms with Gasteiger partial charge in [-0.05, 0) is 37.9 Å². The maximum Gasteiger partial charge on any atom is 0.00219 e. The van der Waals surface area contributed by atoms with Crippen molar-refractivity contribution in [3.8, 4) is 0 Å². The van der Waals surface area contributed by atoms with Crippen LogP contribution < -0.4 is 5.32 Å². The molecule has 3 atom stereocenters. The van der Waals surface area contributed by atoms with E-state index in [2.05, 4.69) is 38.0 Å². The monoisotopic (exact) mass is 198 g/mol. The zero-order valence-corrected chi connectivity index (χ0v) is 10.2. The number of nitrogens with one attached hydrogen (secondary N) is 1. The third kappa shape index (κ3) is 3.58. The molecule has 14 heavy (non-hydrogen) atoms. The average molecular weight is 198 g/mol. The molecule has 2 heteroatoms. The van der Waals surface area contributed by atoms with Gasteiger partial charge in [-0.3, -0.25) is 0 Å². The molecule has 1 N–H and O–H groups in total. The minimum absolute atomic E-state index is 0.838. The van der Waals surface area contributed by atoms with E-state index in [1.165, 1.54) is 32.6 Å². The first-order valence-electron chi connectivity index (χ1n) is 6.02. The molecule has 1 saturated heterocycles. The summed E-state index contributed by atoms with van der Waals surface area (Å²) in [6.07, 6.45) is 1.29. The Morgan fingerprint density at radius 1 is 1.43 bits per heavy atom. The van der Waals surface area contributed by atoms with Crippen LogP contribution in [-0.2, 0) is 0 Å². The standard InChI is InChI=1S/C12H26N2/c1-5-10(2)8-14(4)9-12-7-13-6-11(12)3/h10-13H,5-9H2,1-4H3/t10?,11-,12+/m1/s1. The Bertz CT molecular complexity index is 158. The van der Waals surface area contributed by atoms with Crippen molar-refractivity contribution in [2.24, 2.45) is 17.8 Å². The first-order valence-corrected chi connectivity index (χ1v) is 6.02. The predicted octanol–water partition coefficient (Wildman–Crippen LogP) is 1.82. The van der Waals surface area contributed by atoms with Gasteiger partial charge in [0.25, 0.3) is 0 Å². The second-order valence-electron chi connectivity index (χ2n) is 5.13. The van der Waals surface area contributed by atoms with E-state index < -0.39 is 0 Å². The van der Waals surface area contributed by atoms with Crippen LogP contribution in [0.2, 0.25) is 0 Å². The van der Waals surface area contributed by atoms with Gasteiger partial charge in [0.15, 0.2) is 0 Å². The van der Waals surface area contributed by atoms with Crippen molar-refractivity contribution in [1.82, 2.24) is 10.2 Å². The summed E-state index contributed by atoms with van der Waals surface area (Å²) in [5.41, 5.74) is 0. The normalized spacial score (nSPS) is 29.8. The van der Waals surface area contributed by atoms with Crippen LogP contribution in [0.3, 0.4) is 0 Å². The van der Waals surface area contributed by atoms with E-state index in [9.17, 15) is 0 Å². The number of hydrogen-bond donors (Lipinski definition) is 1. The summed E-state index contributed by atoms with van der Waals surface area (Å²) in [4.78, 5) is 2.50. The van der Waals surface area contributed by atoms with Gasteiger partial charge in [0.1, 0.15) is 0 Å². The van der Waals surface area contributed by atoms with Crippen LogP contribution in [0.1, 0.15) is 27.2 Å². The Hall–Kier alpha value is -0.0800. The highest BCUT2D eigenvalue weighted by atomic mass is 15.1. The van der Waals surface area contributed by atoms with Gasteiger partial charge in [0, 0.05) is 13.1 Å². The van der Waals surface area contributed by atoms with Crippen LogP contribution in [0.15, 0.2) is 0 Å². The fourth-order valence-corrected chi connectivity index (χ4v) is 2.24. The van der Waals surface area contributed by atoms with Gasteiger partial charge in [-0.15, -0.1) is 0 Å². The summed E-state index contributed by atoms with van der Waals surface area (Å²) in [5.74, 6) is 2.56. The molecule has 1 fully saturated rings. The van der Waals surface area contributed by atoms with Crippen LogP contribution in [0.4, 0.5) is 0 Å². The summed E-state index contributed by atoms with van der Waals surface area (Å²) in [6, 6.07) is 0. The highest BCUT2D eigenvalue weighted by molar-refractivity contribution is 4.80. The molecular formula is C12H26N2. The third-order valence-electron chi connectivity index (χ3n) is 3.54. The van der Waals surface area contributed by atoms with Crippen molar-refractivity contribution in [3.05, 3.63) is 0 Å². The third-order valence-corrected chi connectivity index (χ3v) is 3.54. The number of nitrogens with zero attached hydrogens (tertiary/aromatic N) is 1. The van der Waals surface area contributed by atoms with Crippen LogP contribution in [0.5, 0.6) is 0 Å². The first-order chi connectivity index (χ1) is 6.63. The van der Waals surface area contributed by atoms with E-state index in [-0.39, 0.29) is 0 Å². The molecule has 0 aromatic rings. The fraction of sp³-hybridized carbons (Fsp3) is 1.00. The van der Waals surface area contributed by atoms with Gasteiger partial charge in [-0.1, -0.05) is 27.2 Å². The van der Waals surface area contributed by atoms with Crippen LogP contribution in [0, 0.1) is 17.8 Å². The van der Waals surface area contributed by atoms with E-state index in [0.717, 1.165) is 17.8 Å². The lowest BCUT2D eigenvalue weighted by molar-refractivity contribution is 0.229. The molecule has 1 aliphatic heterocycles. The molecule has 0 radical (unpaired) electrons. The molecule has 2 nitrogen and oxygen atoms in total. The molecule has 1 rings (SSSR count). The Balaban J connectivity index is 2.22. The smallest absolute Gasteiger partial charge is 0.00219 e. The van der Waals surface area contributed by atoms with Crippen molar-refractivity contribution in [1.29, 1.82) is 0 Å². The lowest BCUT2D eigenvalue weighted by atomic mass is 9.97. The lowest BCUT2D eigenvalue weighted by Crippen LogP contribution is -2.32. The molecule has 0 aromatic heterocycles. The summed E-state index contributed by atoms with van der Waals surface area (Å²) in [7, 11) is 2.26. The van der Waals surface area contributed by atoms with Gasteiger partial charge in [-0.25, -0.2) is 0 Å². The molecule has 1 heterocycles. The van der Waals surface area contributed by atoms with Crippen LogP contribution >= 0.6 is 0 Å². The first kappa shape index (κ1) is 12.0. The molecule has 0 amide bonds. The molecule has 1 aliphatic rings. The van der Waals surface area contributed by atoms with Crippen molar-refractivity contribution >= 4 is 0 Å². The molecule has 84 valence electrons. The maximum atomic E-state index is 3.47. The highest BCUT2D eigenvalue weighted by Crippen LogP contribution is 2.17. The zero-order valence-electron chi connectivity index (χ0n) is 10.2. The topological polar surface area (TPSA) is 15.3 Å². The van der Waals surface area contributed by atoms with Crippen molar-refractivity contribution in [3.63, 3.8) is 0 Å². The number of hydrogen-bond acceptors (Lipinski definition) is 2. The van der Waals surface area contributed by atoms with Crippen molar-refractivity contribution in [2.45, 2.75) is 27.2 Å². The number of rotatable bonds is 5. The summed E-state index contributed by atoms with van der Waals surface area (Å²) >= 11 is 0. The molecule has 0 aliphatic carbocycles. The predicted molar refractivity (Wildman–Crippen MR) is 62.5 cm³/mol. The molecule has 0 spiro atoms. The van der Waals surface area contributed by atoms with E-state index in [1.807, 2.05) is 0 Å². The largest absolute Gasteiger partial charge is 0.316 e. The van der Waals surface area contributed by atoms with Crippen molar-refractivity contribution in [2.75, 3.05) is 33.2 Å². The van der Waals surface area contributed by atoms with Crippen molar-refractivity contribution < 1.29 is 0 Å². The second kappa shape index (κ2) is 5.72. The minimum atomic E-state index is 0.838. The Kier molecular flexibility index (Phi) is 4.90. The van der Waals surface area contributed by atoms with E-state index in [1.54, 1.807) is 0 Å². The molecule has 1 unspecified atom stereocenters. The molecular weight excluding hydrogens is 172 g/mol. The van der Waals surface area contributed by atoms with Gasteiger partial charge in [0.05, 0.1) is 0 Å². The van der Waals surface area contributed by atoms with E-state index >= 15 is 0 Å². The van der Waals surface area contributed by atoms with Gasteiger partial charge in [-0.2, -0.15) is 0 Å². The Morgan fingerprint density at radius 3 is 2.64 bits per heavy atom. The summed E-state index contributed by atoms with van der Waals surface area (Å²) in [6.45, 7) is 11.9. The van der Waals surface area contributed by atoms with Gasteiger partial charge in [0.2, 0.25) is 0 Å². The SMILES string of the molecule is CCC(C)CN(C)C[C@@H]1CNC[C@H]1C. The van der Waals surface area contributed by atoms with Crippen LogP contribution in [0.25, 0.3) is 0 Å². The van der Waals surface area contributed by atoms with Gasteiger partial charge < -0.3 is 10.2 Å². The zero-order chi connectivity index (χ0) is 10.6. The fourth-order valence-electron chi connectivity index (χ4n) is 2.24. The minimum Gasteiger partial charge on any atom is -0.316 e. The van der Waals surface area contributed by atoms with E-state index in [4.69, 9.17) is 0 Å². The molecule has 0 bridgehead atoms. The maximum absolute atomic E-state index is 3.47. The molecule has 0 aromatic carbocycles.